The smallest absolute Gasteiger partial charge is 0.321 e. The van der Waals surface area contributed by atoms with Crippen molar-refractivity contribution in [3.05, 3.63) is 30.3 Å². The Hall–Kier alpha value is -1.89. The summed E-state index contributed by atoms with van der Waals surface area (Å²) in [7, 11) is 0. The fraction of sp³-hybridized carbons (Fsp3) is 0.462. The Morgan fingerprint density at radius 2 is 2.25 bits per heavy atom. The van der Waals surface area contributed by atoms with E-state index in [0.29, 0.717) is 11.7 Å². The topological polar surface area (TPSA) is 71.8 Å². The number of hydrogen-bond acceptors (Lipinski definition) is 4. The van der Waals surface area contributed by atoms with Gasteiger partial charge in [0.05, 0.1) is 12.4 Å². The van der Waals surface area contributed by atoms with Crippen molar-refractivity contribution in [2.75, 3.05) is 5.32 Å². The second kappa shape index (κ2) is 6.04. The van der Waals surface area contributed by atoms with Crippen LogP contribution in [0.4, 0.5) is 9.93 Å². The minimum absolute atomic E-state index is 0.0170. The zero-order valence-corrected chi connectivity index (χ0v) is 12.6. The van der Waals surface area contributed by atoms with Crippen LogP contribution in [0.1, 0.15) is 20.8 Å². The maximum atomic E-state index is 12.0. The average Bonchev–Trinajstić information content (AvgIpc) is 2.99. The Kier molecular flexibility index (Phi) is 4.39. The summed E-state index contributed by atoms with van der Waals surface area (Å²) in [6.45, 7) is 6.96. The van der Waals surface area contributed by atoms with Crippen molar-refractivity contribution in [2.45, 2.75) is 33.4 Å². The first-order valence-electron chi connectivity index (χ1n) is 6.38. The lowest BCUT2D eigenvalue weighted by Crippen LogP contribution is -2.47. The highest BCUT2D eigenvalue weighted by atomic mass is 32.1. The second-order valence-electron chi connectivity index (χ2n) is 5.61. The van der Waals surface area contributed by atoms with Gasteiger partial charge in [0.2, 0.25) is 0 Å². The molecule has 2 heterocycles. The van der Waals surface area contributed by atoms with E-state index in [9.17, 15) is 4.79 Å². The molecule has 0 saturated heterocycles. The maximum absolute atomic E-state index is 12.0. The summed E-state index contributed by atoms with van der Waals surface area (Å²) >= 11 is 1.39. The van der Waals surface area contributed by atoms with Crippen LogP contribution in [0, 0.1) is 5.41 Å². The summed E-state index contributed by atoms with van der Waals surface area (Å²) in [5.41, 5.74) is -0.0650. The van der Waals surface area contributed by atoms with Gasteiger partial charge in [-0.3, -0.25) is 5.32 Å². The molecule has 0 aliphatic carbocycles. The van der Waals surface area contributed by atoms with Gasteiger partial charge in [-0.1, -0.05) is 20.8 Å². The van der Waals surface area contributed by atoms with Gasteiger partial charge in [0, 0.05) is 30.5 Å². The number of amides is 2. The molecule has 2 aromatic heterocycles. The molecule has 0 saturated carbocycles. The predicted octanol–water partition coefficient (Wildman–Crippen LogP) is 2.58. The van der Waals surface area contributed by atoms with E-state index in [0.717, 1.165) is 0 Å². The number of nitrogens with one attached hydrogen (secondary N) is 2. The number of urea groups is 1. The van der Waals surface area contributed by atoms with E-state index in [4.69, 9.17) is 0 Å². The number of carbonyl (C=O) groups excluding carboxylic acids is 1. The van der Waals surface area contributed by atoms with Gasteiger partial charge in [0.15, 0.2) is 5.13 Å². The minimum atomic E-state index is -0.236. The fourth-order valence-corrected chi connectivity index (χ4v) is 2.24. The Balaban J connectivity index is 1.98. The van der Waals surface area contributed by atoms with Crippen LogP contribution >= 0.6 is 11.3 Å². The SMILES string of the molecule is CC(C)(C)C(Cn1ccnc1)NC(=O)Nc1nccs1. The molecule has 108 valence electrons. The zero-order valence-electron chi connectivity index (χ0n) is 11.8. The number of nitrogens with zero attached hydrogens (tertiary/aromatic N) is 3. The molecular formula is C13H19N5OS. The maximum Gasteiger partial charge on any atom is 0.321 e. The van der Waals surface area contributed by atoms with E-state index in [-0.39, 0.29) is 17.5 Å². The van der Waals surface area contributed by atoms with Gasteiger partial charge >= 0.3 is 6.03 Å². The van der Waals surface area contributed by atoms with E-state index >= 15 is 0 Å². The number of hydrogen-bond donors (Lipinski definition) is 2. The first-order valence-corrected chi connectivity index (χ1v) is 7.26. The van der Waals surface area contributed by atoms with Crippen LogP contribution in [0.15, 0.2) is 30.3 Å². The lowest BCUT2D eigenvalue weighted by molar-refractivity contribution is 0.218. The first-order chi connectivity index (χ1) is 9.45. The van der Waals surface area contributed by atoms with Crippen molar-refractivity contribution in [1.29, 1.82) is 0 Å². The zero-order chi connectivity index (χ0) is 14.6. The number of anilines is 1. The highest BCUT2D eigenvalue weighted by Crippen LogP contribution is 2.21. The van der Waals surface area contributed by atoms with Crippen LogP contribution in [0.5, 0.6) is 0 Å². The molecule has 2 aromatic rings. The number of carbonyl (C=O) groups is 1. The summed E-state index contributed by atoms with van der Waals surface area (Å²) in [5.74, 6) is 0. The molecule has 7 heteroatoms. The summed E-state index contributed by atoms with van der Waals surface area (Å²) in [4.78, 5) is 20.1. The highest BCUT2D eigenvalue weighted by Gasteiger charge is 2.26. The molecule has 0 spiro atoms. The molecule has 2 amide bonds. The summed E-state index contributed by atoms with van der Waals surface area (Å²) in [6.07, 6.45) is 7.03. The first kappa shape index (κ1) is 14.5. The number of thiazole rings is 1. The second-order valence-corrected chi connectivity index (χ2v) is 6.51. The third kappa shape index (κ3) is 4.06. The Bertz CT molecular complexity index is 530. The average molecular weight is 293 g/mol. The van der Waals surface area contributed by atoms with Gasteiger partial charge in [-0.25, -0.2) is 14.8 Å². The predicted molar refractivity (Wildman–Crippen MR) is 79.7 cm³/mol. The lowest BCUT2D eigenvalue weighted by atomic mass is 9.86. The van der Waals surface area contributed by atoms with Crippen LogP contribution in [0.25, 0.3) is 0 Å². The molecule has 6 nitrogen and oxygen atoms in total. The van der Waals surface area contributed by atoms with Gasteiger partial charge < -0.3 is 9.88 Å². The molecule has 1 unspecified atom stereocenters. The summed E-state index contributed by atoms with van der Waals surface area (Å²) in [6, 6.07) is -0.253. The Morgan fingerprint density at radius 1 is 1.45 bits per heavy atom. The monoisotopic (exact) mass is 293 g/mol. The van der Waals surface area contributed by atoms with Crippen LogP contribution in [-0.4, -0.2) is 26.6 Å². The van der Waals surface area contributed by atoms with Gasteiger partial charge in [0.25, 0.3) is 0 Å². The molecule has 0 bridgehead atoms. The van der Waals surface area contributed by atoms with Crippen molar-refractivity contribution in [3.63, 3.8) is 0 Å². The van der Waals surface area contributed by atoms with Crippen LogP contribution in [0.3, 0.4) is 0 Å². The van der Waals surface area contributed by atoms with Crippen LogP contribution in [-0.2, 0) is 6.54 Å². The number of aromatic nitrogens is 3. The van der Waals surface area contributed by atoms with Crippen LogP contribution in [0.2, 0.25) is 0 Å². The molecule has 0 radical (unpaired) electrons. The van der Waals surface area contributed by atoms with Crippen molar-refractivity contribution < 1.29 is 4.79 Å². The van der Waals surface area contributed by atoms with Crippen molar-refractivity contribution in [3.8, 4) is 0 Å². The standard InChI is InChI=1S/C13H19N5OS/c1-13(2,3)10(8-18-6-4-14-9-18)16-11(19)17-12-15-5-7-20-12/h4-7,9-10H,8H2,1-3H3,(H2,15,16,17,19). The number of rotatable bonds is 4. The van der Waals surface area contributed by atoms with Crippen molar-refractivity contribution in [1.82, 2.24) is 19.9 Å². The molecule has 20 heavy (non-hydrogen) atoms. The van der Waals surface area contributed by atoms with Gasteiger partial charge in [-0.2, -0.15) is 0 Å². The molecule has 0 aliphatic heterocycles. The molecule has 0 aromatic carbocycles. The normalized spacial score (nSPS) is 12.9. The third-order valence-corrected chi connectivity index (χ3v) is 3.64. The van der Waals surface area contributed by atoms with Gasteiger partial charge in [0.1, 0.15) is 0 Å². The lowest BCUT2D eigenvalue weighted by Gasteiger charge is -2.31. The Morgan fingerprint density at radius 3 is 2.80 bits per heavy atom. The van der Waals surface area contributed by atoms with Crippen LogP contribution < -0.4 is 10.6 Å². The third-order valence-electron chi connectivity index (χ3n) is 2.96. The molecule has 0 aliphatic rings. The van der Waals surface area contributed by atoms with Gasteiger partial charge in [-0.15, -0.1) is 11.3 Å². The van der Waals surface area contributed by atoms with Gasteiger partial charge in [-0.05, 0) is 5.41 Å². The largest absolute Gasteiger partial charge is 0.335 e. The van der Waals surface area contributed by atoms with E-state index < -0.39 is 0 Å². The Labute approximate surface area is 122 Å². The fourth-order valence-electron chi connectivity index (χ4n) is 1.72. The molecule has 1 atom stereocenters. The summed E-state index contributed by atoms with van der Waals surface area (Å²) < 4.78 is 1.96. The number of imidazole rings is 1. The quantitative estimate of drug-likeness (QED) is 0.910. The van der Waals surface area contributed by atoms with Crippen molar-refractivity contribution in [2.24, 2.45) is 5.41 Å². The molecule has 2 N–H and O–H groups in total. The molecule has 2 rings (SSSR count). The van der Waals surface area contributed by atoms with E-state index in [1.54, 1.807) is 18.7 Å². The minimum Gasteiger partial charge on any atom is -0.335 e. The van der Waals surface area contributed by atoms with Crippen molar-refractivity contribution >= 4 is 22.5 Å². The molecule has 0 fully saturated rings. The molecular weight excluding hydrogens is 274 g/mol. The summed E-state index contributed by atoms with van der Waals surface area (Å²) in [5, 5.41) is 8.16. The highest BCUT2D eigenvalue weighted by molar-refractivity contribution is 7.13. The van der Waals surface area contributed by atoms with E-state index in [1.165, 1.54) is 11.3 Å². The van der Waals surface area contributed by atoms with E-state index in [2.05, 4.69) is 41.4 Å². The van der Waals surface area contributed by atoms with E-state index in [1.807, 2.05) is 16.1 Å².